The molecule has 9 aromatic rings. The van der Waals surface area contributed by atoms with Crippen molar-refractivity contribution in [3.8, 4) is 33.4 Å². The summed E-state index contributed by atoms with van der Waals surface area (Å²) < 4.78 is 0. The van der Waals surface area contributed by atoms with Crippen molar-refractivity contribution in [1.29, 1.82) is 0 Å². The molecule has 0 unspecified atom stereocenters. The van der Waals surface area contributed by atoms with E-state index in [0.29, 0.717) is 0 Å². The lowest BCUT2D eigenvalue weighted by molar-refractivity contribution is 0.768. The van der Waals surface area contributed by atoms with Crippen molar-refractivity contribution in [2.45, 2.75) is 5.41 Å². The molecule has 0 spiro atoms. The first-order valence-corrected chi connectivity index (χ1v) is 18.7. The standard InChI is InChI=1S/C53H37N/c1-4-16-38(17-5-1)39-30-32-44(33-31-39)54(45-25-14-20-41(36-45)48-28-15-19-40-18-10-11-26-47(40)48)46-34-35-50-49-27-12-13-29-51(49)53(52(50)37-46,42-21-6-2-7-22-42)43-23-8-3-9-24-43/h1-37H. The molecule has 1 heteroatoms. The van der Waals surface area contributed by atoms with Crippen molar-refractivity contribution in [3.63, 3.8) is 0 Å². The molecule has 0 bridgehead atoms. The van der Waals surface area contributed by atoms with Crippen LogP contribution in [-0.4, -0.2) is 0 Å². The van der Waals surface area contributed by atoms with E-state index in [1.165, 1.54) is 66.4 Å². The minimum absolute atomic E-state index is 0.488. The van der Waals surface area contributed by atoms with Crippen LogP contribution in [0.25, 0.3) is 44.2 Å². The molecule has 0 fully saturated rings. The molecule has 0 aliphatic heterocycles. The van der Waals surface area contributed by atoms with E-state index in [1.807, 2.05) is 0 Å². The topological polar surface area (TPSA) is 3.24 Å². The Balaban J connectivity index is 1.21. The summed E-state index contributed by atoms with van der Waals surface area (Å²) in [5.41, 5.74) is 15.3. The van der Waals surface area contributed by atoms with Crippen LogP contribution in [0.2, 0.25) is 0 Å². The van der Waals surface area contributed by atoms with Gasteiger partial charge in [0.2, 0.25) is 0 Å². The Morgan fingerprint density at radius 3 is 1.57 bits per heavy atom. The summed E-state index contributed by atoms with van der Waals surface area (Å²) in [5, 5.41) is 2.49. The monoisotopic (exact) mass is 687 g/mol. The number of anilines is 3. The van der Waals surface area contributed by atoms with Crippen LogP contribution in [0.3, 0.4) is 0 Å². The van der Waals surface area contributed by atoms with E-state index in [-0.39, 0.29) is 0 Å². The highest BCUT2D eigenvalue weighted by Gasteiger charge is 2.46. The maximum atomic E-state index is 2.45. The fourth-order valence-electron chi connectivity index (χ4n) is 8.74. The molecule has 0 atom stereocenters. The van der Waals surface area contributed by atoms with Gasteiger partial charge in [-0.2, -0.15) is 0 Å². The molecule has 0 radical (unpaired) electrons. The Hall–Kier alpha value is -6.96. The molecule has 0 saturated carbocycles. The van der Waals surface area contributed by atoms with Crippen LogP contribution in [0.1, 0.15) is 22.3 Å². The second-order valence-electron chi connectivity index (χ2n) is 14.1. The van der Waals surface area contributed by atoms with E-state index in [2.05, 4.69) is 229 Å². The van der Waals surface area contributed by atoms with Gasteiger partial charge in [-0.15, -0.1) is 0 Å². The largest absolute Gasteiger partial charge is 0.310 e. The van der Waals surface area contributed by atoms with Gasteiger partial charge in [0.05, 0.1) is 5.41 Å². The van der Waals surface area contributed by atoms with Crippen LogP contribution in [0, 0.1) is 0 Å². The van der Waals surface area contributed by atoms with Crippen LogP contribution in [0.4, 0.5) is 17.1 Å². The lowest BCUT2D eigenvalue weighted by Gasteiger charge is -2.35. The number of hydrogen-bond donors (Lipinski definition) is 0. The number of fused-ring (bicyclic) bond motifs is 4. The second kappa shape index (κ2) is 13.2. The van der Waals surface area contributed by atoms with Gasteiger partial charge in [0.25, 0.3) is 0 Å². The minimum atomic E-state index is -0.488. The average Bonchev–Trinajstić information content (AvgIpc) is 3.55. The predicted molar refractivity (Wildman–Crippen MR) is 227 cm³/mol. The van der Waals surface area contributed by atoms with Gasteiger partial charge in [0.15, 0.2) is 0 Å². The maximum absolute atomic E-state index is 2.45. The van der Waals surface area contributed by atoms with Gasteiger partial charge in [0, 0.05) is 17.1 Å². The van der Waals surface area contributed by atoms with E-state index in [9.17, 15) is 0 Å². The summed E-state index contributed by atoms with van der Waals surface area (Å²) in [6, 6.07) is 82.0. The summed E-state index contributed by atoms with van der Waals surface area (Å²) in [5.74, 6) is 0. The number of benzene rings is 9. The molecule has 1 aliphatic carbocycles. The molecule has 10 rings (SSSR count). The van der Waals surface area contributed by atoms with Gasteiger partial charge in [-0.25, -0.2) is 0 Å². The van der Waals surface area contributed by atoms with E-state index in [4.69, 9.17) is 0 Å². The molecule has 0 N–H and O–H groups in total. The Morgan fingerprint density at radius 1 is 0.296 bits per heavy atom. The summed E-state index contributed by atoms with van der Waals surface area (Å²) in [4.78, 5) is 2.42. The molecule has 54 heavy (non-hydrogen) atoms. The smallest absolute Gasteiger partial charge is 0.0714 e. The lowest BCUT2D eigenvalue weighted by Crippen LogP contribution is -2.28. The van der Waals surface area contributed by atoms with Crippen LogP contribution in [0.15, 0.2) is 224 Å². The lowest BCUT2D eigenvalue weighted by atomic mass is 9.67. The van der Waals surface area contributed by atoms with Crippen LogP contribution in [-0.2, 0) is 5.41 Å². The van der Waals surface area contributed by atoms with Crippen molar-refractivity contribution in [2.24, 2.45) is 0 Å². The van der Waals surface area contributed by atoms with Crippen molar-refractivity contribution in [1.82, 2.24) is 0 Å². The third-order valence-electron chi connectivity index (χ3n) is 11.1. The highest BCUT2D eigenvalue weighted by Crippen LogP contribution is 2.57. The summed E-state index contributed by atoms with van der Waals surface area (Å²) in [7, 11) is 0. The highest BCUT2D eigenvalue weighted by molar-refractivity contribution is 5.98. The van der Waals surface area contributed by atoms with Crippen LogP contribution < -0.4 is 4.90 Å². The predicted octanol–water partition coefficient (Wildman–Crippen LogP) is 14.0. The zero-order chi connectivity index (χ0) is 35.9. The average molecular weight is 688 g/mol. The van der Waals surface area contributed by atoms with Crippen LogP contribution >= 0.6 is 0 Å². The summed E-state index contributed by atoms with van der Waals surface area (Å²) in [6.45, 7) is 0. The molecular formula is C53H37N. The van der Waals surface area contributed by atoms with Crippen molar-refractivity contribution in [2.75, 3.05) is 4.90 Å². The molecular weight excluding hydrogens is 651 g/mol. The van der Waals surface area contributed by atoms with E-state index >= 15 is 0 Å². The number of rotatable bonds is 7. The first-order valence-electron chi connectivity index (χ1n) is 18.7. The molecule has 1 nitrogen and oxygen atoms in total. The zero-order valence-electron chi connectivity index (χ0n) is 29.8. The molecule has 0 amide bonds. The minimum Gasteiger partial charge on any atom is -0.310 e. The van der Waals surface area contributed by atoms with Crippen molar-refractivity contribution >= 4 is 27.8 Å². The highest BCUT2D eigenvalue weighted by atomic mass is 15.1. The molecule has 1 aliphatic rings. The molecule has 0 aromatic heterocycles. The van der Waals surface area contributed by atoms with Crippen LogP contribution in [0.5, 0.6) is 0 Å². The molecule has 254 valence electrons. The second-order valence-corrected chi connectivity index (χ2v) is 14.1. The number of nitrogens with zero attached hydrogens (tertiary/aromatic N) is 1. The third kappa shape index (κ3) is 5.17. The SMILES string of the molecule is c1ccc(-c2ccc(N(c3cccc(-c4cccc5ccccc45)c3)c3ccc4c(c3)C(c3ccccc3)(c3ccccc3)c3ccccc3-4)cc2)cc1. The Bertz CT molecular complexity index is 2700. The third-order valence-corrected chi connectivity index (χ3v) is 11.1. The quantitative estimate of drug-likeness (QED) is 0.161. The number of hydrogen-bond acceptors (Lipinski definition) is 1. The van der Waals surface area contributed by atoms with E-state index in [1.54, 1.807) is 0 Å². The van der Waals surface area contributed by atoms with Gasteiger partial charge in [0.1, 0.15) is 0 Å². The van der Waals surface area contributed by atoms with Crippen molar-refractivity contribution in [3.05, 3.63) is 247 Å². The fourth-order valence-corrected chi connectivity index (χ4v) is 8.74. The fraction of sp³-hybridized carbons (Fsp3) is 0.0189. The van der Waals surface area contributed by atoms with E-state index in [0.717, 1.165) is 17.1 Å². The Kier molecular flexibility index (Phi) is 7.78. The van der Waals surface area contributed by atoms with Gasteiger partial charge in [-0.05, 0) is 103 Å². The zero-order valence-corrected chi connectivity index (χ0v) is 29.8. The summed E-state index contributed by atoms with van der Waals surface area (Å²) >= 11 is 0. The van der Waals surface area contributed by atoms with Gasteiger partial charge >= 0.3 is 0 Å². The first kappa shape index (κ1) is 31.7. The van der Waals surface area contributed by atoms with Gasteiger partial charge in [-0.3, -0.25) is 0 Å². The molecule has 0 heterocycles. The normalized spacial score (nSPS) is 12.6. The maximum Gasteiger partial charge on any atom is 0.0714 e. The first-order chi connectivity index (χ1) is 26.8. The van der Waals surface area contributed by atoms with Gasteiger partial charge < -0.3 is 4.90 Å². The molecule has 0 saturated heterocycles. The Morgan fingerprint density at radius 2 is 0.815 bits per heavy atom. The Labute approximate surface area is 317 Å². The summed E-state index contributed by atoms with van der Waals surface area (Å²) in [6.07, 6.45) is 0. The molecule has 9 aromatic carbocycles. The van der Waals surface area contributed by atoms with Gasteiger partial charge in [-0.1, -0.05) is 188 Å². The van der Waals surface area contributed by atoms with Crippen molar-refractivity contribution < 1.29 is 0 Å². The van der Waals surface area contributed by atoms with E-state index < -0.39 is 5.41 Å².